The lowest BCUT2D eigenvalue weighted by molar-refractivity contribution is 1.14. The zero-order valence-corrected chi connectivity index (χ0v) is 9.77. The van der Waals surface area contributed by atoms with Crippen molar-refractivity contribution in [1.29, 1.82) is 5.26 Å². The molecule has 0 saturated heterocycles. The Labute approximate surface area is 102 Å². The number of anilines is 1. The Kier molecular flexibility index (Phi) is 3.42. The van der Waals surface area contributed by atoms with Crippen LogP contribution in [0.3, 0.4) is 0 Å². The minimum atomic E-state index is 0.695. The third kappa shape index (κ3) is 2.64. The molecule has 2 aromatic carbocycles. The van der Waals surface area contributed by atoms with Crippen molar-refractivity contribution in [2.45, 2.75) is 13.5 Å². The SMILES string of the molecule is Cc1cccc(C#N)c1NCc1ccccc1. The smallest absolute Gasteiger partial charge is 0.101 e. The molecule has 0 unspecified atom stereocenters. The summed E-state index contributed by atoms with van der Waals surface area (Å²) in [6.45, 7) is 2.74. The summed E-state index contributed by atoms with van der Waals surface area (Å²) < 4.78 is 0. The fraction of sp³-hybridized carbons (Fsp3) is 0.133. The van der Waals surface area contributed by atoms with Gasteiger partial charge in [0.25, 0.3) is 0 Å². The largest absolute Gasteiger partial charge is 0.380 e. The zero-order valence-electron chi connectivity index (χ0n) is 9.77. The third-order valence-corrected chi connectivity index (χ3v) is 2.71. The predicted octanol–water partition coefficient (Wildman–Crippen LogP) is 3.48. The molecule has 0 heterocycles. The number of nitrogens with zero attached hydrogens (tertiary/aromatic N) is 1. The molecule has 0 amide bonds. The Hall–Kier alpha value is -2.27. The van der Waals surface area contributed by atoms with Gasteiger partial charge in [0, 0.05) is 6.54 Å². The molecule has 0 bridgehead atoms. The lowest BCUT2D eigenvalue weighted by atomic mass is 10.1. The second-order valence-electron chi connectivity index (χ2n) is 3.95. The van der Waals surface area contributed by atoms with Gasteiger partial charge in [-0.15, -0.1) is 0 Å². The molecule has 2 rings (SSSR count). The number of aryl methyl sites for hydroxylation is 1. The molecule has 0 aromatic heterocycles. The lowest BCUT2D eigenvalue weighted by Gasteiger charge is -2.11. The van der Waals surface area contributed by atoms with E-state index >= 15 is 0 Å². The fourth-order valence-corrected chi connectivity index (χ4v) is 1.78. The number of hydrogen-bond donors (Lipinski definition) is 1. The zero-order chi connectivity index (χ0) is 12.1. The quantitative estimate of drug-likeness (QED) is 0.863. The molecule has 0 fully saturated rings. The minimum Gasteiger partial charge on any atom is -0.380 e. The molecular formula is C15H14N2. The minimum absolute atomic E-state index is 0.695. The summed E-state index contributed by atoms with van der Waals surface area (Å²) in [5, 5.41) is 12.4. The molecular weight excluding hydrogens is 208 g/mol. The molecule has 0 atom stereocenters. The van der Waals surface area contributed by atoms with Crippen molar-refractivity contribution >= 4 is 5.69 Å². The first-order valence-corrected chi connectivity index (χ1v) is 5.59. The van der Waals surface area contributed by atoms with Gasteiger partial charge < -0.3 is 5.32 Å². The van der Waals surface area contributed by atoms with E-state index < -0.39 is 0 Å². The summed E-state index contributed by atoms with van der Waals surface area (Å²) in [6, 6.07) is 18.1. The van der Waals surface area contributed by atoms with Crippen LogP contribution in [0.2, 0.25) is 0 Å². The van der Waals surface area contributed by atoms with Crippen LogP contribution >= 0.6 is 0 Å². The van der Waals surface area contributed by atoms with Gasteiger partial charge >= 0.3 is 0 Å². The molecule has 0 radical (unpaired) electrons. The van der Waals surface area contributed by atoms with Crippen LogP contribution in [0, 0.1) is 18.3 Å². The summed E-state index contributed by atoms with van der Waals surface area (Å²) in [4.78, 5) is 0. The van der Waals surface area contributed by atoms with Crippen LogP contribution in [0.5, 0.6) is 0 Å². The van der Waals surface area contributed by atoms with Crippen LogP contribution in [0.15, 0.2) is 48.5 Å². The Morgan fingerprint density at radius 2 is 1.82 bits per heavy atom. The molecule has 1 N–H and O–H groups in total. The Morgan fingerprint density at radius 1 is 1.06 bits per heavy atom. The molecule has 0 aliphatic rings. The highest BCUT2D eigenvalue weighted by Gasteiger charge is 2.03. The molecule has 2 aromatic rings. The second-order valence-corrected chi connectivity index (χ2v) is 3.95. The van der Waals surface area contributed by atoms with Crippen molar-refractivity contribution in [3.05, 3.63) is 65.2 Å². The van der Waals surface area contributed by atoms with Gasteiger partial charge in [-0.25, -0.2) is 0 Å². The molecule has 0 spiro atoms. The maximum Gasteiger partial charge on any atom is 0.101 e. The van der Waals surface area contributed by atoms with Crippen LogP contribution in [0.1, 0.15) is 16.7 Å². The molecule has 0 aliphatic carbocycles. The van der Waals surface area contributed by atoms with E-state index in [1.165, 1.54) is 5.56 Å². The summed E-state index contributed by atoms with van der Waals surface area (Å²) in [6.07, 6.45) is 0. The van der Waals surface area contributed by atoms with Crippen LogP contribution in [-0.2, 0) is 6.54 Å². The number of hydrogen-bond acceptors (Lipinski definition) is 2. The first kappa shape index (κ1) is 11.2. The average Bonchev–Trinajstić information content (AvgIpc) is 2.38. The van der Waals surface area contributed by atoms with Crippen LogP contribution in [0.25, 0.3) is 0 Å². The van der Waals surface area contributed by atoms with E-state index in [-0.39, 0.29) is 0 Å². The topological polar surface area (TPSA) is 35.8 Å². The Bertz CT molecular complexity index is 539. The third-order valence-electron chi connectivity index (χ3n) is 2.71. The molecule has 84 valence electrons. The molecule has 2 heteroatoms. The van der Waals surface area contributed by atoms with Crippen LogP contribution < -0.4 is 5.32 Å². The predicted molar refractivity (Wildman–Crippen MR) is 69.7 cm³/mol. The van der Waals surface area contributed by atoms with E-state index in [0.717, 1.165) is 17.8 Å². The van der Waals surface area contributed by atoms with Crippen molar-refractivity contribution < 1.29 is 0 Å². The highest BCUT2D eigenvalue weighted by Crippen LogP contribution is 2.20. The maximum absolute atomic E-state index is 9.05. The van der Waals surface area contributed by atoms with E-state index in [4.69, 9.17) is 5.26 Å². The van der Waals surface area contributed by atoms with E-state index in [9.17, 15) is 0 Å². The number of para-hydroxylation sites is 1. The summed E-state index contributed by atoms with van der Waals surface area (Å²) in [5.41, 5.74) is 3.93. The normalized spacial score (nSPS) is 9.65. The van der Waals surface area contributed by atoms with E-state index in [1.807, 2.05) is 43.3 Å². The van der Waals surface area contributed by atoms with E-state index in [0.29, 0.717) is 5.56 Å². The van der Waals surface area contributed by atoms with E-state index in [1.54, 1.807) is 0 Å². The Balaban J connectivity index is 2.17. The highest BCUT2D eigenvalue weighted by molar-refractivity contribution is 5.62. The lowest BCUT2D eigenvalue weighted by Crippen LogP contribution is -2.02. The first-order chi connectivity index (χ1) is 8.31. The van der Waals surface area contributed by atoms with Gasteiger partial charge in [-0.05, 0) is 24.1 Å². The van der Waals surface area contributed by atoms with Crippen molar-refractivity contribution in [1.82, 2.24) is 0 Å². The first-order valence-electron chi connectivity index (χ1n) is 5.59. The summed E-state index contributed by atoms with van der Waals surface area (Å²) >= 11 is 0. The standard InChI is InChI=1S/C15H14N2/c1-12-6-5-9-14(10-16)15(12)17-11-13-7-3-2-4-8-13/h2-9,17H,11H2,1H3. The monoisotopic (exact) mass is 222 g/mol. The summed E-state index contributed by atoms with van der Waals surface area (Å²) in [5.74, 6) is 0. The molecule has 0 aliphatic heterocycles. The van der Waals surface area contributed by atoms with Gasteiger partial charge in [0.1, 0.15) is 6.07 Å². The van der Waals surface area contributed by atoms with Crippen molar-refractivity contribution in [2.24, 2.45) is 0 Å². The highest BCUT2D eigenvalue weighted by atomic mass is 14.9. The summed E-state index contributed by atoms with van der Waals surface area (Å²) in [7, 11) is 0. The van der Waals surface area contributed by atoms with Crippen molar-refractivity contribution in [3.8, 4) is 6.07 Å². The number of rotatable bonds is 3. The fourth-order valence-electron chi connectivity index (χ4n) is 1.78. The van der Waals surface area contributed by atoms with E-state index in [2.05, 4.69) is 23.5 Å². The van der Waals surface area contributed by atoms with Gasteiger partial charge in [0.2, 0.25) is 0 Å². The van der Waals surface area contributed by atoms with Gasteiger partial charge in [0.15, 0.2) is 0 Å². The number of nitriles is 1. The maximum atomic E-state index is 9.05. The average molecular weight is 222 g/mol. The van der Waals surface area contributed by atoms with Gasteiger partial charge in [0.05, 0.1) is 11.3 Å². The molecule has 17 heavy (non-hydrogen) atoms. The molecule has 2 nitrogen and oxygen atoms in total. The molecule has 0 saturated carbocycles. The van der Waals surface area contributed by atoms with Gasteiger partial charge in [-0.1, -0.05) is 42.5 Å². The number of benzene rings is 2. The van der Waals surface area contributed by atoms with Crippen LogP contribution in [-0.4, -0.2) is 0 Å². The van der Waals surface area contributed by atoms with Crippen molar-refractivity contribution in [2.75, 3.05) is 5.32 Å². The second kappa shape index (κ2) is 5.18. The Morgan fingerprint density at radius 3 is 2.53 bits per heavy atom. The van der Waals surface area contributed by atoms with Gasteiger partial charge in [-0.2, -0.15) is 5.26 Å². The number of nitrogens with one attached hydrogen (secondary N) is 1. The van der Waals surface area contributed by atoms with Crippen LogP contribution in [0.4, 0.5) is 5.69 Å². The van der Waals surface area contributed by atoms with Gasteiger partial charge in [-0.3, -0.25) is 0 Å². The van der Waals surface area contributed by atoms with Crippen molar-refractivity contribution in [3.63, 3.8) is 0 Å².